The van der Waals surface area contributed by atoms with Gasteiger partial charge in [0.25, 0.3) is 0 Å². The summed E-state index contributed by atoms with van der Waals surface area (Å²) in [5.74, 6) is 0.323. The van der Waals surface area contributed by atoms with Crippen LogP contribution >= 0.6 is 27.3 Å². The first-order valence-electron chi connectivity index (χ1n) is 6.01. The number of hydrogen-bond donors (Lipinski definition) is 1. The van der Waals surface area contributed by atoms with Crippen LogP contribution < -0.4 is 5.73 Å². The standard InChI is InChI=1S/C14H12BrN3OS/c1-7-13(20-8(2)17-7)12-11(14(16)19-18-12)9-4-3-5-10(15)6-9/h3-6H,16H2,1-2H3. The number of nitrogens with two attached hydrogens (primary N) is 1. The highest BCUT2D eigenvalue weighted by atomic mass is 79.9. The molecular formula is C14H12BrN3OS. The molecule has 0 saturated carbocycles. The Bertz CT molecular complexity index is 779. The summed E-state index contributed by atoms with van der Waals surface area (Å²) in [6.45, 7) is 3.94. The van der Waals surface area contributed by atoms with E-state index in [0.717, 1.165) is 36.9 Å². The molecule has 0 radical (unpaired) electrons. The molecule has 0 aliphatic heterocycles. The topological polar surface area (TPSA) is 64.9 Å². The molecule has 6 heteroatoms. The molecular weight excluding hydrogens is 338 g/mol. The van der Waals surface area contributed by atoms with Crippen LogP contribution in [0.15, 0.2) is 33.3 Å². The molecule has 2 heterocycles. The average Bonchev–Trinajstić information content (AvgIpc) is 2.92. The molecule has 0 atom stereocenters. The van der Waals surface area contributed by atoms with E-state index < -0.39 is 0 Å². The first kappa shape index (κ1) is 13.3. The van der Waals surface area contributed by atoms with Crippen LogP contribution in [0, 0.1) is 13.8 Å². The maximum atomic E-state index is 5.96. The van der Waals surface area contributed by atoms with E-state index in [0.29, 0.717) is 5.88 Å². The Morgan fingerprint density at radius 2 is 2.10 bits per heavy atom. The molecule has 102 valence electrons. The number of nitrogen functional groups attached to an aromatic ring is 1. The first-order valence-corrected chi connectivity index (χ1v) is 7.62. The highest BCUT2D eigenvalue weighted by Crippen LogP contribution is 2.40. The second-order valence-electron chi connectivity index (χ2n) is 4.43. The summed E-state index contributed by atoms with van der Waals surface area (Å²) in [6.07, 6.45) is 0. The Labute approximate surface area is 128 Å². The third-order valence-corrected chi connectivity index (χ3v) is 4.52. The van der Waals surface area contributed by atoms with Crippen molar-refractivity contribution in [1.82, 2.24) is 10.1 Å². The average molecular weight is 350 g/mol. The largest absolute Gasteiger partial charge is 0.367 e. The molecule has 0 bridgehead atoms. The summed E-state index contributed by atoms with van der Waals surface area (Å²) in [4.78, 5) is 5.43. The number of nitrogens with zero attached hydrogens (tertiary/aromatic N) is 2. The van der Waals surface area contributed by atoms with Crippen molar-refractivity contribution in [3.8, 4) is 21.7 Å². The monoisotopic (exact) mass is 349 g/mol. The highest BCUT2D eigenvalue weighted by molar-refractivity contribution is 9.10. The fourth-order valence-corrected chi connectivity index (χ4v) is 3.44. The molecule has 3 rings (SSSR count). The Morgan fingerprint density at radius 1 is 1.30 bits per heavy atom. The van der Waals surface area contributed by atoms with Gasteiger partial charge in [0, 0.05) is 4.47 Å². The van der Waals surface area contributed by atoms with Crippen molar-refractivity contribution in [1.29, 1.82) is 0 Å². The third kappa shape index (κ3) is 2.25. The van der Waals surface area contributed by atoms with Crippen molar-refractivity contribution in [3.05, 3.63) is 39.4 Å². The Kier molecular flexibility index (Phi) is 3.35. The molecule has 0 spiro atoms. The lowest BCUT2D eigenvalue weighted by molar-refractivity contribution is 0.439. The van der Waals surface area contributed by atoms with E-state index in [1.165, 1.54) is 0 Å². The maximum absolute atomic E-state index is 5.96. The lowest BCUT2D eigenvalue weighted by Gasteiger charge is -2.02. The fraction of sp³-hybridized carbons (Fsp3) is 0.143. The van der Waals surface area contributed by atoms with Crippen LogP contribution in [-0.4, -0.2) is 10.1 Å². The number of hydrogen-bond acceptors (Lipinski definition) is 5. The number of aryl methyl sites for hydroxylation is 2. The van der Waals surface area contributed by atoms with Gasteiger partial charge in [-0.15, -0.1) is 11.3 Å². The molecule has 0 amide bonds. The smallest absolute Gasteiger partial charge is 0.230 e. The van der Waals surface area contributed by atoms with Crippen LogP contribution in [0.4, 0.5) is 5.88 Å². The van der Waals surface area contributed by atoms with Crippen LogP contribution in [0.5, 0.6) is 0 Å². The van der Waals surface area contributed by atoms with Gasteiger partial charge >= 0.3 is 0 Å². The zero-order valence-electron chi connectivity index (χ0n) is 11.0. The third-order valence-electron chi connectivity index (χ3n) is 2.95. The molecule has 4 nitrogen and oxygen atoms in total. The van der Waals surface area contributed by atoms with Crippen molar-refractivity contribution < 1.29 is 4.52 Å². The second kappa shape index (κ2) is 5.03. The Balaban J connectivity index is 2.22. The molecule has 0 aliphatic carbocycles. The van der Waals surface area contributed by atoms with Crippen LogP contribution in [0.25, 0.3) is 21.7 Å². The van der Waals surface area contributed by atoms with E-state index in [1.807, 2.05) is 38.1 Å². The van der Waals surface area contributed by atoms with E-state index in [4.69, 9.17) is 10.3 Å². The van der Waals surface area contributed by atoms with Crippen molar-refractivity contribution >= 4 is 33.2 Å². The van der Waals surface area contributed by atoms with E-state index in [2.05, 4.69) is 26.1 Å². The van der Waals surface area contributed by atoms with Gasteiger partial charge in [-0.2, -0.15) is 0 Å². The van der Waals surface area contributed by atoms with E-state index in [1.54, 1.807) is 11.3 Å². The van der Waals surface area contributed by atoms with Gasteiger partial charge in [0.15, 0.2) is 0 Å². The fourth-order valence-electron chi connectivity index (χ4n) is 2.13. The molecule has 0 aliphatic rings. The Morgan fingerprint density at radius 3 is 2.75 bits per heavy atom. The molecule has 1 aromatic carbocycles. The zero-order chi connectivity index (χ0) is 14.3. The minimum absolute atomic E-state index is 0.323. The van der Waals surface area contributed by atoms with Gasteiger partial charge in [0.05, 0.1) is 21.1 Å². The van der Waals surface area contributed by atoms with Crippen molar-refractivity contribution in [2.75, 3.05) is 5.73 Å². The van der Waals surface area contributed by atoms with E-state index >= 15 is 0 Å². The van der Waals surface area contributed by atoms with Gasteiger partial charge < -0.3 is 10.3 Å². The van der Waals surface area contributed by atoms with Crippen LogP contribution in [-0.2, 0) is 0 Å². The predicted molar refractivity (Wildman–Crippen MR) is 84.6 cm³/mol. The van der Waals surface area contributed by atoms with Crippen molar-refractivity contribution in [3.63, 3.8) is 0 Å². The maximum Gasteiger partial charge on any atom is 0.230 e. The zero-order valence-corrected chi connectivity index (χ0v) is 13.4. The normalized spacial score (nSPS) is 10.9. The van der Waals surface area contributed by atoms with Gasteiger partial charge in [-0.25, -0.2) is 4.98 Å². The summed E-state index contributed by atoms with van der Waals surface area (Å²) in [7, 11) is 0. The van der Waals surface area contributed by atoms with Crippen molar-refractivity contribution in [2.45, 2.75) is 13.8 Å². The van der Waals surface area contributed by atoms with Crippen molar-refractivity contribution in [2.24, 2.45) is 0 Å². The minimum Gasteiger partial charge on any atom is -0.367 e. The number of thiazole rings is 1. The van der Waals surface area contributed by atoms with Crippen LogP contribution in [0.3, 0.4) is 0 Å². The summed E-state index contributed by atoms with van der Waals surface area (Å²) in [6, 6.07) is 7.91. The lowest BCUT2D eigenvalue weighted by atomic mass is 10.0. The molecule has 0 saturated heterocycles. The predicted octanol–water partition coefficient (Wildman–Crippen LogP) is 4.43. The SMILES string of the molecule is Cc1nc(C)c(-c2noc(N)c2-c2cccc(Br)c2)s1. The number of aromatic nitrogens is 2. The summed E-state index contributed by atoms with van der Waals surface area (Å²) in [5, 5.41) is 5.12. The number of benzene rings is 1. The van der Waals surface area contributed by atoms with Crippen LogP contribution in [0.1, 0.15) is 10.7 Å². The molecule has 2 aromatic heterocycles. The highest BCUT2D eigenvalue weighted by Gasteiger charge is 2.21. The van der Waals surface area contributed by atoms with E-state index in [9.17, 15) is 0 Å². The van der Waals surface area contributed by atoms with Gasteiger partial charge in [-0.3, -0.25) is 0 Å². The Hall–Kier alpha value is -1.66. The van der Waals surface area contributed by atoms with Gasteiger partial charge in [0.2, 0.25) is 5.88 Å². The molecule has 20 heavy (non-hydrogen) atoms. The van der Waals surface area contributed by atoms with Gasteiger partial charge in [-0.1, -0.05) is 33.2 Å². The quantitative estimate of drug-likeness (QED) is 0.743. The molecule has 3 aromatic rings. The second-order valence-corrected chi connectivity index (χ2v) is 6.55. The molecule has 0 fully saturated rings. The van der Waals surface area contributed by atoms with Crippen LogP contribution in [0.2, 0.25) is 0 Å². The summed E-state index contributed by atoms with van der Waals surface area (Å²) >= 11 is 5.06. The first-order chi connectivity index (χ1) is 9.56. The lowest BCUT2D eigenvalue weighted by Crippen LogP contribution is -1.87. The van der Waals surface area contributed by atoms with Gasteiger partial charge in [-0.05, 0) is 31.5 Å². The van der Waals surface area contributed by atoms with E-state index in [-0.39, 0.29) is 0 Å². The minimum atomic E-state index is 0.323. The summed E-state index contributed by atoms with van der Waals surface area (Å²) in [5.41, 5.74) is 9.44. The number of rotatable bonds is 2. The molecule has 2 N–H and O–H groups in total. The molecule has 0 unspecified atom stereocenters. The number of halogens is 1. The van der Waals surface area contributed by atoms with Gasteiger partial charge in [0.1, 0.15) is 5.69 Å². The number of anilines is 1. The summed E-state index contributed by atoms with van der Waals surface area (Å²) < 4.78 is 6.18.